The van der Waals surface area contributed by atoms with Gasteiger partial charge in [0.15, 0.2) is 16.6 Å². The Hall–Kier alpha value is -4.15. The number of ether oxygens (including phenoxy) is 4. The van der Waals surface area contributed by atoms with E-state index in [2.05, 4.69) is 28.7 Å². The quantitative estimate of drug-likeness (QED) is 0.122. The lowest BCUT2D eigenvalue weighted by Gasteiger charge is -2.19. The summed E-state index contributed by atoms with van der Waals surface area (Å²) in [4.78, 5) is 28.8. The number of nitriles is 1. The third-order valence-corrected chi connectivity index (χ3v) is 7.33. The monoisotopic (exact) mass is 683 g/mol. The molecule has 41 heavy (non-hydrogen) atoms. The predicted octanol–water partition coefficient (Wildman–Crippen LogP) is 5.30. The molecule has 1 heterocycles. The van der Waals surface area contributed by atoms with Crippen LogP contribution < -0.4 is 19.1 Å². The van der Waals surface area contributed by atoms with Crippen LogP contribution in [-0.2, 0) is 20.9 Å². The number of hydrogen-bond acceptors (Lipinski definition) is 8. The molecule has 3 aromatic carbocycles. The SMILES string of the molecule is CCOc1cc(/C=C2/C(=O)N(c3ccc(OC)cc3)C(=S)N2CC(=O)OC)cc(I)c1OCc1ccccc1C#N. The number of hydrogen-bond donors (Lipinski definition) is 0. The third kappa shape index (κ3) is 6.61. The van der Waals surface area contributed by atoms with Crippen LogP contribution in [0.25, 0.3) is 6.08 Å². The number of amides is 1. The van der Waals surface area contributed by atoms with Crippen LogP contribution in [0.4, 0.5) is 5.69 Å². The number of carbonyl (C=O) groups is 2. The van der Waals surface area contributed by atoms with E-state index in [4.69, 9.17) is 31.2 Å². The van der Waals surface area contributed by atoms with Gasteiger partial charge in [-0.3, -0.25) is 14.5 Å². The smallest absolute Gasteiger partial charge is 0.325 e. The molecule has 1 amide bonds. The summed E-state index contributed by atoms with van der Waals surface area (Å²) in [5, 5.41) is 9.56. The van der Waals surface area contributed by atoms with Gasteiger partial charge in [0.2, 0.25) is 0 Å². The molecule has 0 bridgehead atoms. The minimum absolute atomic E-state index is 0.146. The molecular weight excluding hydrogens is 657 g/mol. The van der Waals surface area contributed by atoms with Gasteiger partial charge in [0.25, 0.3) is 5.91 Å². The molecule has 0 unspecified atom stereocenters. The van der Waals surface area contributed by atoms with E-state index in [1.54, 1.807) is 55.7 Å². The van der Waals surface area contributed by atoms with Crippen LogP contribution in [-0.4, -0.2) is 49.3 Å². The van der Waals surface area contributed by atoms with E-state index in [-0.39, 0.29) is 24.0 Å². The Labute approximate surface area is 257 Å². The van der Waals surface area contributed by atoms with Crippen LogP contribution in [0, 0.1) is 14.9 Å². The van der Waals surface area contributed by atoms with E-state index in [1.807, 2.05) is 25.1 Å². The molecule has 0 aliphatic carbocycles. The van der Waals surface area contributed by atoms with Gasteiger partial charge < -0.3 is 23.8 Å². The number of halogens is 1. The number of rotatable bonds is 10. The zero-order valence-corrected chi connectivity index (χ0v) is 25.5. The molecular formula is C30H26IN3O6S. The van der Waals surface area contributed by atoms with Gasteiger partial charge in [-0.25, -0.2) is 0 Å². The number of benzene rings is 3. The molecule has 1 aliphatic rings. The van der Waals surface area contributed by atoms with Gasteiger partial charge in [0.1, 0.15) is 24.6 Å². The van der Waals surface area contributed by atoms with E-state index in [9.17, 15) is 14.9 Å². The van der Waals surface area contributed by atoms with E-state index >= 15 is 0 Å². The fraction of sp³-hybridized carbons (Fsp3) is 0.200. The molecule has 1 aliphatic heterocycles. The molecule has 210 valence electrons. The summed E-state index contributed by atoms with van der Waals surface area (Å²) in [6.07, 6.45) is 1.65. The van der Waals surface area contributed by atoms with Crippen molar-refractivity contribution in [1.82, 2.24) is 4.90 Å². The Morgan fingerprint density at radius 1 is 1.10 bits per heavy atom. The number of carbonyl (C=O) groups excluding carboxylic acids is 2. The Balaban J connectivity index is 1.71. The van der Waals surface area contributed by atoms with E-state index in [1.165, 1.54) is 16.9 Å². The number of nitrogens with zero attached hydrogens (tertiary/aromatic N) is 3. The van der Waals surface area contributed by atoms with Gasteiger partial charge in [-0.05, 0) is 95.8 Å². The molecule has 0 radical (unpaired) electrons. The van der Waals surface area contributed by atoms with E-state index < -0.39 is 11.9 Å². The van der Waals surface area contributed by atoms with Gasteiger partial charge in [-0.1, -0.05) is 18.2 Å². The molecule has 1 fully saturated rings. The first-order valence-electron chi connectivity index (χ1n) is 12.5. The highest BCUT2D eigenvalue weighted by Gasteiger charge is 2.40. The average Bonchev–Trinajstić information content (AvgIpc) is 3.20. The van der Waals surface area contributed by atoms with Crippen LogP contribution in [0.1, 0.15) is 23.6 Å². The van der Waals surface area contributed by atoms with E-state index in [0.717, 1.165) is 9.13 Å². The van der Waals surface area contributed by atoms with Gasteiger partial charge in [-0.2, -0.15) is 5.26 Å². The van der Waals surface area contributed by atoms with Crippen molar-refractivity contribution < 1.29 is 28.5 Å². The maximum Gasteiger partial charge on any atom is 0.325 e. The Morgan fingerprint density at radius 2 is 1.83 bits per heavy atom. The summed E-state index contributed by atoms with van der Waals surface area (Å²) < 4.78 is 22.8. The molecule has 0 atom stereocenters. The number of anilines is 1. The van der Waals surface area contributed by atoms with Gasteiger partial charge >= 0.3 is 5.97 Å². The van der Waals surface area contributed by atoms with Gasteiger partial charge in [-0.15, -0.1) is 0 Å². The normalized spacial score (nSPS) is 13.8. The highest BCUT2D eigenvalue weighted by atomic mass is 127. The molecule has 0 saturated carbocycles. The van der Waals surface area contributed by atoms with Crippen LogP contribution >= 0.6 is 34.8 Å². The molecule has 3 aromatic rings. The van der Waals surface area contributed by atoms with Gasteiger partial charge in [0, 0.05) is 5.56 Å². The zero-order valence-electron chi connectivity index (χ0n) is 22.5. The summed E-state index contributed by atoms with van der Waals surface area (Å²) in [6, 6.07) is 19.9. The topological polar surface area (TPSA) is 101 Å². The number of thiocarbonyl (C=S) groups is 1. The minimum Gasteiger partial charge on any atom is -0.497 e. The van der Waals surface area contributed by atoms with Crippen molar-refractivity contribution in [2.45, 2.75) is 13.5 Å². The lowest BCUT2D eigenvalue weighted by atomic mass is 10.1. The average molecular weight is 684 g/mol. The molecule has 1 saturated heterocycles. The minimum atomic E-state index is -0.548. The molecule has 0 N–H and O–H groups in total. The summed E-state index contributed by atoms with van der Waals surface area (Å²) in [5.41, 5.74) is 2.66. The fourth-order valence-corrected chi connectivity index (χ4v) is 5.26. The predicted molar refractivity (Wildman–Crippen MR) is 166 cm³/mol. The largest absolute Gasteiger partial charge is 0.497 e. The Kier molecular flexibility index (Phi) is 9.80. The van der Waals surface area contributed by atoms with Crippen molar-refractivity contribution in [3.63, 3.8) is 0 Å². The van der Waals surface area contributed by atoms with Gasteiger partial charge in [0.05, 0.1) is 41.7 Å². The van der Waals surface area contributed by atoms with Crippen molar-refractivity contribution in [1.29, 1.82) is 5.26 Å². The van der Waals surface area contributed by atoms with Crippen LogP contribution in [0.2, 0.25) is 0 Å². The second-order valence-electron chi connectivity index (χ2n) is 8.63. The Bertz CT molecular complexity index is 1550. The first-order chi connectivity index (χ1) is 19.8. The van der Waals surface area contributed by atoms with E-state index in [0.29, 0.717) is 40.7 Å². The van der Waals surface area contributed by atoms with Crippen molar-refractivity contribution in [3.05, 3.63) is 86.6 Å². The standard InChI is InChI=1S/C30H26IN3O6S/c1-4-39-26-15-19(13-24(31)28(26)40-18-21-8-6-5-7-20(21)16-32)14-25-29(36)34(22-9-11-23(37-2)12-10-22)30(41)33(25)17-27(35)38-3/h5-15H,4,17-18H2,1-3H3/b25-14-. The van der Waals surface area contributed by atoms with Crippen molar-refractivity contribution in [2.24, 2.45) is 0 Å². The first-order valence-corrected chi connectivity index (χ1v) is 14.0. The number of methoxy groups -OCH3 is 2. The Morgan fingerprint density at radius 3 is 2.49 bits per heavy atom. The second kappa shape index (κ2) is 13.5. The third-order valence-electron chi connectivity index (χ3n) is 6.13. The highest BCUT2D eigenvalue weighted by Crippen LogP contribution is 2.37. The lowest BCUT2D eigenvalue weighted by molar-refractivity contribution is -0.140. The zero-order chi connectivity index (χ0) is 29.5. The first kappa shape index (κ1) is 29.8. The molecule has 0 aromatic heterocycles. The summed E-state index contributed by atoms with van der Waals surface area (Å²) in [5.74, 6) is 0.672. The maximum absolute atomic E-state index is 13.7. The maximum atomic E-state index is 13.7. The van der Waals surface area contributed by atoms with Crippen molar-refractivity contribution in [2.75, 3.05) is 32.3 Å². The second-order valence-corrected chi connectivity index (χ2v) is 10.2. The molecule has 4 rings (SSSR count). The molecule has 9 nitrogen and oxygen atoms in total. The molecule has 0 spiro atoms. The van der Waals surface area contributed by atoms with Crippen LogP contribution in [0.3, 0.4) is 0 Å². The van der Waals surface area contributed by atoms with Crippen molar-refractivity contribution in [3.8, 4) is 23.3 Å². The fourth-order valence-electron chi connectivity index (χ4n) is 4.12. The summed E-state index contributed by atoms with van der Waals surface area (Å²) in [7, 11) is 2.83. The number of esters is 1. The molecule has 11 heteroatoms. The van der Waals surface area contributed by atoms with Crippen LogP contribution in [0.5, 0.6) is 17.2 Å². The van der Waals surface area contributed by atoms with Crippen LogP contribution in [0.15, 0.2) is 66.4 Å². The summed E-state index contributed by atoms with van der Waals surface area (Å²) in [6.45, 7) is 2.17. The van der Waals surface area contributed by atoms with Crippen molar-refractivity contribution >= 4 is 63.6 Å². The lowest BCUT2D eigenvalue weighted by Crippen LogP contribution is -2.35. The summed E-state index contributed by atoms with van der Waals surface area (Å²) >= 11 is 7.78. The highest BCUT2D eigenvalue weighted by molar-refractivity contribution is 14.1.